The summed E-state index contributed by atoms with van der Waals surface area (Å²) in [6, 6.07) is 14.8. The normalized spacial score (nSPS) is 13.4. The number of carbonyl (C=O) groups is 1. The number of benzene rings is 2. The van der Waals surface area contributed by atoms with Gasteiger partial charge in [0, 0.05) is 45.2 Å². The van der Waals surface area contributed by atoms with Crippen LogP contribution in [0, 0.1) is 5.82 Å². The molecule has 0 atom stereocenters. The number of hydrogen-bond acceptors (Lipinski definition) is 2. The Balaban J connectivity index is 1.36. The highest BCUT2D eigenvalue weighted by Crippen LogP contribution is 2.22. The molecule has 5 nitrogen and oxygen atoms in total. The van der Waals surface area contributed by atoms with Gasteiger partial charge in [-0.3, -0.25) is 9.79 Å². The standard InChI is InChI=1S/C21H25FN4O/c1-23-21(25-13-16-7-4-5-10-19(16)22)24-12-6-11-20(27)26-14-17-8-2-3-9-18(17)15-26/h2-5,7-10H,6,11-15H2,1H3,(H2,23,24,25). The number of rotatable bonds is 6. The minimum atomic E-state index is -0.238. The fourth-order valence-electron chi connectivity index (χ4n) is 3.16. The number of fused-ring (bicyclic) bond motifs is 1. The SMILES string of the molecule is CN=C(NCCCC(=O)N1Cc2ccccc2C1)NCc1ccccc1F. The number of aliphatic imine (C=N–C) groups is 1. The average molecular weight is 368 g/mol. The van der Waals surface area contributed by atoms with E-state index in [4.69, 9.17) is 0 Å². The Labute approximate surface area is 159 Å². The molecule has 27 heavy (non-hydrogen) atoms. The van der Waals surface area contributed by atoms with Gasteiger partial charge in [-0.25, -0.2) is 4.39 Å². The van der Waals surface area contributed by atoms with Crippen LogP contribution in [-0.4, -0.2) is 30.4 Å². The van der Waals surface area contributed by atoms with Crippen LogP contribution in [0.25, 0.3) is 0 Å². The molecular formula is C21H25FN4O. The van der Waals surface area contributed by atoms with Crippen LogP contribution in [0.5, 0.6) is 0 Å². The molecule has 3 rings (SSSR count). The molecule has 0 bridgehead atoms. The summed E-state index contributed by atoms with van der Waals surface area (Å²) < 4.78 is 13.6. The first-order chi connectivity index (χ1) is 13.2. The fourth-order valence-corrected chi connectivity index (χ4v) is 3.16. The lowest BCUT2D eigenvalue weighted by molar-refractivity contribution is -0.131. The number of carbonyl (C=O) groups excluding carboxylic acids is 1. The van der Waals surface area contributed by atoms with Crippen molar-refractivity contribution in [2.75, 3.05) is 13.6 Å². The van der Waals surface area contributed by atoms with Crippen LogP contribution in [0.4, 0.5) is 4.39 Å². The second kappa shape index (κ2) is 9.16. The zero-order valence-corrected chi connectivity index (χ0v) is 15.5. The summed E-state index contributed by atoms with van der Waals surface area (Å²) in [5, 5.41) is 6.25. The van der Waals surface area contributed by atoms with Gasteiger partial charge >= 0.3 is 0 Å². The van der Waals surface area contributed by atoms with Gasteiger partial charge in [-0.15, -0.1) is 0 Å². The molecule has 2 N–H and O–H groups in total. The first-order valence-corrected chi connectivity index (χ1v) is 9.20. The van der Waals surface area contributed by atoms with E-state index in [9.17, 15) is 9.18 Å². The largest absolute Gasteiger partial charge is 0.356 e. The van der Waals surface area contributed by atoms with E-state index in [2.05, 4.69) is 27.8 Å². The first kappa shape index (κ1) is 18.9. The fraction of sp³-hybridized carbons (Fsp3) is 0.333. The van der Waals surface area contributed by atoms with Crippen molar-refractivity contribution in [3.63, 3.8) is 0 Å². The smallest absolute Gasteiger partial charge is 0.223 e. The van der Waals surface area contributed by atoms with Crippen molar-refractivity contribution in [3.05, 3.63) is 71.0 Å². The van der Waals surface area contributed by atoms with Crippen LogP contribution in [0.3, 0.4) is 0 Å². The van der Waals surface area contributed by atoms with Crippen molar-refractivity contribution < 1.29 is 9.18 Å². The molecule has 0 radical (unpaired) electrons. The van der Waals surface area contributed by atoms with E-state index in [1.54, 1.807) is 25.2 Å². The summed E-state index contributed by atoms with van der Waals surface area (Å²) in [6.07, 6.45) is 1.21. The topological polar surface area (TPSA) is 56.7 Å². The predicted molar refractivity (Wildman–Crippen MR) is 105 cm³/mol. The Kier molecular flexibility index (Phi) is 6.41. The van der Waals surface area contributed by atoms with Gasteiger partial charge in [0.15, 0.2) is 5.96 Å². The quantitative estimate of drug-likeness (QED) is 0.468. The maximum absolute atomic E-state index is 13.6. The minimum Gasteiger partial charge on any atom is -0.356 e. The lowest BCUT2D eigenvalue weighted by atomic mass is 10.1. The van der Waals surface area contributed by atoms with Crippen LogP contribution < -0.4 is 10.6 Å². The molecule has 6 heteroatoms. The van der Waals surface area contributed by atoms with Crippen molar-refractivity contribution >= 4 is 11.9 Å². The van der Waals surface area contributed by atoms with Crippen LogP contribution >= 0.6 is 0 Å². The summed E-state index contributed by atoms with van der Waals surface area (Å²) in [5.41, 5.74) is 3.06. The van der Waals surface area contributed by atoms with Gasteiger partial charge in [0.25, 0.3) is 0 Å². The number of halogens is 1. The Hall–Kier alpha value is -2.89. The molecule has 0 aliphatic carbocycles. The van der Waals surface area contributed by atoms with E-state index in [0.29, 0.717) is 50.5 Å². The third-order valence-electron chi connectivity index (χ3n) is 4.68. The third kappa shape index (κ3) is 5.06. The van der Waals surface area contributed by atoms with E-state index < -0.39 is 0 Å². The van der Waals surface area contributed by atoms with Gasteiger partial charge < -0.3 is 15.5 Å². The number of nitrogens with one attached hydrogen (secondary N) is 2. The Morgan fingerprint density at radius 3 is 2.41 bits per heavy atom. The average Bonchev–Trinajstić information content (AvgIpc) is 3.13. The van der Waals surface area contributed by atoms with E-state index in [-0.39, 0.29) is 11.7 Å². The van der Waals surface area contributed by atoms with Gasteiger partial charge in [0.2, 0.25) is 5.91 Å². The number of hydrogen-bond donors (Lipinski definition) is 2. The number of amides is 1. The minimum absolute atomic E-state index is 0.169. The predicted octanol–water partition coefficient (Wildman–Crippen LogP) is 2.81. The van der Waals surface area contributed by atoms with Gasteiger partial charge in [-0.2, -0.15) is 0 Å². The molecule has 1 heterocycles. The molecular weight excluding hydrogens is 343 g/mol. The van der Waals surface area contributed by atoms with Crippen molar-refractivity contribution in [1.29, 1.82) is 0 Å². The maximum atomic E-state index is 13.6. The van der Waals surface area contributed by atoms with Gasteiger partial charge in [0.1, 0.15) is 5.82 Å². The molecule has 0 fully saturated rings. The number of nitrogens with zero attached hydrogens (tertiary/aromatic N) is 2. The Morgan fingerprint density at radius 1 is 1.07 bits per heavy atom. The lowest BCUT2D eigenvalue weighted by Gasteiger charge is -2.16. The molecule has 2 aromatic carbocycles. The summed E-state index contributed by atoms with van der Waals surface area (Å²) in [5.74, 6) is 0.527. The van der Waals surface area contributed by atoms with Crippen molar-refractivity contribution in [2.24, 2.45) is 4.99 Å². The van der Waals surface area contributed by atoms with Gasteiger partial charge in [0.05, 0.1) is 0 Å². The molecule has 0 unspecified atom stereocenters. The zero-order chi connectivity index (χ0) is 19.1. The van der Waals surface area contributed by atoms with E-state index in [1.807, 2.05) is 17.0 Å². The monoisotopic (exact) mass is 368 g/mol. The van der Waals surface area contributed by atoms with E-state index in [1.165, 1.54) is 17.2 Å². The summed E-state index contributed by atoms with van der Waals surface area (Å²) in [6.45, 7) is 2.39. The van der Waals surface area contributed by atoms with E-state index in [0.717, 1.165) is 0 Å². The van der Waals surface area contributed by atoms with E-state index >= 15 is 0 Å². The number of guanidine groups is 1. The van der Waals surface area contributed by atoms with Crippen LogP contribution in [0.2, 0.25) is 0 Å². The molecule has 2 aromatic rings. The molecule has 1 aliphatic heterocycles. The second-order valence-corrected chi connectivity index (χ2v) is 6.57. The summed E-state index contributed by atoms with van der Waals surface area (Å²) in [7, 11) is 1.67. The maximum Gasteiger partial charge on any atom is 0.223 e. The molecule has 142 valence electrons. The van der Waals surface area contributed by atoms with Gasteiger partial charge in [-0.05, 0) is 23.6 Å². The molecule has 0 saturated heterocycles. The Bertz CT molecular complexity index is 796. The summed E-state index contributed by atoms with van der Waals surface area (Å²) in [4.78, 5) is 18.4. The Morgan fingerprint density at radius 2 is 1.74 bits per heavy atom. The van der Waals surface area contributed by atoms with Crippen LogP contribution in [-0.2, 0) is 24.4 Å². The highest BCUT2D eigenvalue weighted by molar-refractivity contribution is 5.80. The highest BCUT2D eigenvalue weighted by Gasteiger charge is 2.22. The van der Waals surface area contributed by atoms with Crippen molar-refractivity contribution in [1.82, 2.24) is 15.5 Å². The summed E-state index contributed by atoms with van der Waals surface area (Å²) >= 11 is 0. The third-order valence-corrected chi connectivity index (χ3v) is 4.68. The van der Waals surface area contributed by atoms with Gasteiger partial charge in [-0.1, -0.05) is 42.5 Å². The molecule has 0 saturated carbocycles. The lowest BCUT2D eigenvalue weighted by Crippen LogP contribution is -2.37. The van der Waals surface area contributed by atoms with Crippen molar-refractivity contribution in [3.8, 4) is 0 Å². The molecule has 1 amide bonds. The first-order valence-electron chi connectivity index (χ1n) is 9.20. The van der Waals surface area contributed by atoms with Crippen LogP contribution in [0.15, 0.2) is 53.5 Å². The zero-order valence-electron chi connectivity index (χ0n) is 15.5. The molecule has 0 aromatic heterocycles. The van der Waals surface area contributed by atoms with Crippen LogP contribution in [0.1, 0.15) is 29.5 Å². The highest BCUT2D eigenvalue weighted by atomic mass is 19.1. The molecule has 1 aliphatic rings. The van der Waals surface area contributed by atoms with Crippen molar-refractivity contribution in [2.45, 2.75) is 32.5 Å². The molecule has 0 spiro atoms. The second-order valence-electron chi connectivity index (χ2n) is 6.57.